The molecule has 15 heavy (non-hydrogen) atoms. The van der Waals surface area contributed by atoms with Crippen molar-refractivity contribution in [1.29, 1.82) is 5.26 Å². The van der Waals surface area contributed by atoms with E-state index in [0.717, 1.165) is 31.8 Å². The van der Waals surface area contributed by atoms with Crippen molar-refractivity contribution in [3.63, 3.8) is 0 Å². The predicted molar refractivity (Wildman–Crippen MR) is 56.2 cm³/mol. The molecule has 1 aliphatic rings. The fourth-order valence-corrected chi connectivity index (χ4v) is 1.84. The van der Waals surface area contributed by atoms with Gasteiger partial charge in [0.1, 0.15) is 6.07 Å². The van der Waals surface area contributed by atoms with Gasteiger partial charge in [0.2, 0.25) is 5.88 Å². The van der Waals surface area contributed by atoms with Crippen molar-refractivity contribution in [2.45, 2.75) is 19.8 Å². The third kappa shape index (κ3) is 1.75. The van der Waals surface area contributed by atoms with Gasteiger partial charge in [0.25, 0.3) is 0 Å². The van der Waals surface area contributed by atoms with Gasteiger partial charge in [0, 0.05) is 13.1 Å². The average molecular weight is 206 g/mol. The number of aromatic nitrogens is 1. The first-order valence-corrected chi connectivity index (χ1v) is 5.12. The quantitative estimate of drug-likeness (QED) is 0.750. The molecule has 0 amide bonds. The second-order valence-corrected chi connectivity index (χ2v) is 4.03. The standard InChI is InChI=1S/C10H14N4O/c1-7-2-4-14(5-3-7)10-8(6-11)9(12)15-13-10/h7H,2-5,12H2,1H3. The molecular formula is C10H14N4O. The zero-order valence-electron chi connectivity index (χ0n) is 8.73. The van der Waals surface area contributed by atoms with Crippen molar-refractivity contribution in [2.75, 3.05) is 23.7 Å². The molecular weight excluding hydrogens is 192 g/mol. The molecule has 0 radical (unpaired) electrons. The Morgan fingerprint density at radius 3 is 2.80 bits per heavy atom. The van der Waals surface area contributed by atoms with Crippen LogP contribution < -0.4 is 10.6 Å². The third-order valence-electron chi connectivity index (χ3n) is 2.90. The van der Waals surface area contributed by atoms with Crippen molar-refractivity contribution >= 4 is 11.7 Å². The summed E-state index contributed by atoms with van der Waals surface area (Å²) in [7, 11) is 0. The summed E-state index contributed by atoms with van der Waals surface area (Å²) in [6, 6.07) is 2.03. The summed E-state index contributed by atoms with van der Waals surface area (Å²) < 4.78 is 4.83. The molecule has 1 aromatic rings. The minimum absolute atomic E-state index is 0.117. The van der Waals surface area contributed by atoms with Gasteiger partial charge in [0.05, 0.1) is 0 Å². The lowest BCUT2D eigenvalue weighted by Crippen LogP contribution is -2.33. The molecule has 1 aromatic heterocycles. The molecule has 0 aromatic carbocycles. The van der Waals surface area contributed by atoms with Gasteiger partial charge in [-0.15, -0.1) is 0 Å². The van der Waals surface area contributed by atoms with E-state index in [0.29, 0.717) is 11.4 Å². The van der Waals surface area contributed by atoms with Crippen molar-refractivity contribution in [2.24, 2.45) is 5.92 Å². The van der Waals surface area contributed by atoms with Gasteiger partial charge in [-0.2, -0.15) is 5.26 Å². The Bertz CT molecular complexity index is 385. The van der Waals surface area contributed by atoms with Gasteiger partial charge in [-0.25, -0.2) is 0 Å². The number of piperidine rings is 1. The molecule has 5 nitrogen and oxygen atoms in total. The zero-order valence-corrected chi connectivity index (χ0v) is 8.73. The van der Waals surface area contributed by atoms with Gasteiger partial charge in [-0.1, -0.05) is 12.1 Å². The van der Waals surface area contributed by atoms with E-state index in [4.69, 9.17) is 15.5 Å². The van der Waals surface area contributed by atoms with Crippen molar-refractivity contribution < 1.29 is 4.52 Å². The second kappa shape index (κ2) is 3.81. The van der Waals surface area contributed by atoms with E-state index < -0.39 is 0 Å². The summed E-state index contributed by atoms with van der Waals surface area (Å²) >= 11 is 0. The molecule has 0 saturated carbocycles. The molecule has 0 atom stereocenters. The van der Waals surface area contributed by atoms with Crippen LogP contribution >= 0.6 is 0 Å². The summed E-state index contributed by atoms with van der Waals surface area (Å²) in [5.74, 6) is 1.46. The molecule has 80 valence electrons. The van der Waals surface area contributed by atoms with Crippen LogP contribution in [-0.4, -0.2) is 18.2 Å². The summed E-state index contributed by atoms with van der Waals surface area (Å²) in [6.45, 7) is 4.07. The minimum Gasteiger partial charge on any atom is -0.366 e. The van der Waals surface area contributed by atoms with Gasteiger partial charge >= 0.3 is 0 Å². The number of nitriles is 1. The number of rotatable bonds is 1. The van der Waals surface area contributed by atoms with Crippen LogP contribution in [0.5, 0.6) is 0 Å². The van der Waals surface area contributed by atoms with Gasteiger partial charge < -0.3 is 15.2 Å². The van der Waals surface area contributed by atoms with Crippen LogP contribution in [0.1, 0.15) is 25.3 Å². The smallest absolute Gasteiger partial charge is 0.242 e. The highest BCUT2D eigenvalue weighted by Crippen LogP contribution is 2.27. The Hall–Kier alpha value is -1.70. The van der Waals surface area contributed by atoms with E-state index in [2.05, 4.69) is 17.0 Å². The monoisotopic (exact) mass is 206 g/mol. The maximum atomic E-state index is 8.91. The lowest BCUT2D eigenvalue weighted by atomic mass is 9.99. The van der Waals surface area contributed by atoms with Crippen LogP contribution in [0.25, 0.3) is 0 Å². The van der Waals surface area contributed by atoms with Crippen LogP contribution in [0.15, 0.2) is 4.52 Å². The SMILES string of the molecule is CC1CCN(c2noc(N)c2C#N)CC1. The molecule has 0 unspecified atom stereocenters. The molecule has 0 spiro atoms. The predicted octanol–water partition coefficient (Wildman–Crippen LogP) is 1.36. The van der Waals surface area contributed by atoms with Crippen molar-refractivity contribution in [3.05, 3.63) is 5.56 Å². The molecule has 1 saturated heterocycles. The molecule has 2 heterocycles. The molecule has 1 fully saturated rings. The third-order valence-corrected chi connectivity index (χ3v) is 2.90. The zero-order chi connectivity index (χ0) is 10.8. The Kier molecular flexibility index (Phi) is 2.50. The number of hydrogen-bond acceptors (Lipinski definition) is 5. The molecule has 2 rings (SSSR count). The van der Waals surface area contributed by atoms with E-state index in [1.54, 1.807) is 0 Å². The first-order valence-electron chi connectivity index (χ1n) is 5.12. The minimum atomic E-state index is 0.117. The van der Waals surface area contributed by atoms with E-state index in [1.165, 1.54) is 0 Å². The van der Waals surface area contributed by atoms with Crippen molar-refractivity contribution in [3.8, 4) is 6.07 Å². The first-order chi connectivity index (χ1) is 7.22. The number of nitrogens with two attached hydrogens (primary N) is 1. The number of anilines is 2. The van der Waals surface area contributed by atoms with E-state index in [-0.39, 0.29) is 5.88 Å². The van der Waals surface area contributed by atoms with Gasteiger partial charge in [-0.05, 0) is 18.8 Å². The maximum Gasteiger partial charge on any atom is 0.242 e. The molecule has 1 aliphatic heterocycles. The molecule has 0 aliphatic carbocycles. The van der Waals surface area contributed by atoms with Crippen LogP contribution in [0.3, 0.4) is 0 Å². The number of nitrogens with zero attached hydrogens (tertiary/aromatic N) is 3. The molecule has 2 N–H and O–H groups in total. The Morgan fingerprint density at radius 2 is 2.20 bits per heavy atom. The van der Waals surface area contributed by atoms with E-state index in [1.807, 2.05) is 6.07 Å². The van der Waals surface area contributed by atoms with Crippen LogP contribution in [0.2, 0.25) is 0 Å². The maximum absolute atomic E-state index is 8.91. The van der Waals surface area contributed by atoms with Crippen LogP contribution in [0, 0.1) is 17.2 Å². The lowest BCUT2D eigenvalue weighted by Gasteiger charge is -2.29. The first kappa shape index (κ1) is 9.84. The highest BCUT2D eigenvalue weighted by molar-refractivity contribution is 5.62. The van der Waals surface area contributed by atoms with E-state index >= 15 is 0 Å². The fraction of sp³-hybridized carbons (Fsp3) is 0.600. The number of hydrogen-bond donors (Lipinski definition) is 1. The highest BCUT2D eigenvalue weighted by atomic mass is 16.5. The van der Waals surface area contributed by atoms with Crippen LogP contribution in [-0.2, 0) is 0 Å². The Labute approximate surface area is 88.4 Å². The largest absolute Gasteiger partial charge is 0.366 e. The average Bonchev–Trinajstić information content (AvgIpc) is 2.61. The normalized spacial score (nSPS) is 17.7. The van der Waals surface area contributed by atoms with Gasteiger partial charge in [0.15, 0.2) is 11.4 Å². The summed E-state index contributed by atoms with van der Waals surface area (Å²) in [5, 5.41) is 12.8. The van der Waals surface area contributed by atoms with Gasteiger partial charge in [-0.3, -0.25) is 0 Å². The highest BCUT2D eigenvalue weighted by Gasteiger charge is 2.23. The van der Waals surface area contributed by atoms with Crippen molar-refractivity contribution in [1.82, 2.24) is 5.16 Å². The lowest BCUT2D eigenvalue weighted by molar-refractivity contribution is 0.412. The number of nitrogen functional groups attached to an aromatic ring is 1. The van der Waals surface area contributed by atoms with Crippen LogP contribution in [0.4, 0.5) is 11.7 Å². The topological polar surface area (TPSA) is 79.1 Å². The summed E-state index contributed by atoms with van der Waals surface area (Å²) in [6.07, 6.45) is 2.25. The molecule has 5 heteroatoms. The Morgan fingerprint density at radius 1 is 1.53 bits per heavy atom. The van der Waals surface area contributed by atoms with E-state index in [9.17, 15) is 0 Å². The summed E-state index contributed by atoms with van der Waals surface area (Å²) in [5.41, 5.74) is 5.87. The summed E-state index contributed by atoms with van der Waals surface area (Å²) in [4.78, 5) is 2.07. The molecule has 0 bridgehead atoms. The fourth-order valence-electron chi connectivity index (χ4n) is 1.84. The second-order valence-electron chi connectivity index (χ2n) is 4.03. The Balaban J connectivity index is 2.20.